The van der Waals surface area contributed by atoms with E-state index in [2.05, 4.69) is 22.4 Å². The van der Waals surface area contributed by atoms with Gasteiger partial charge in [0, 0.05) is 11.3 Å². The van der Waals surface area contributed by atoms with Crippen molar-refractivity contribution >= 4 is 23.7 Å². The highest BCUT2D eigenvalue weighted by atomic mass is 16.5. The Labute approximate surface area is 151 Å². The second-order valence-electron chi connectivity index (χ2n) is 5.02. The Hall–Kier alpha value is -3.61. The van der Waals surface area contributed by atoms with Gasteiger partial charge in [-0.2, -0.15) is 5.10 Å². The number of benzene rings is 2. The lowest BCUT2D eigenvalue weighted by atomic mass is 10.2. The van der Waals surface area contributed by atoms with Crippen molar-refractivity contribution < 1.29 is 19.1 Å². The number of ether oxygens (including phenoxy) is 2. The second-order valence-corrected chi connectivity index (χ2v) is 5.02. The van der Waals surface area contributed by atoms with E-state index in [1.165, 1.54) is 6.21 Å². The molecule has 0 heterocycles. The van der Waals surface area contributed by atoms with Gasteiger partial charge in [0.15, 0.2) is 0 Å². The molecule has 0 bridgehead atoms. The highest BCUT2D eigenvalue weighted by Gasteiger charge is 2.12. The lowest BCUT2D eigenvalue weighted by Gasteiger charge is -2.06. The zero-order valence-corrected chi connectivity index (χ0v) is 14.3. The zero-order valence-electron chi connectivity index (χ0n) is 14.3. The summed E-state index contributed by atoms with van der Waals surface area (Å²) >= 11 is 0. The molecule has 2 amide bonds. The molecule has 0 saturated carbocycles. The van der Waals surface area contributed by atoms with Gasteiger partial charge in [0.05, 0.1) is 13.3 Å². The molecule has 2 N–H and O–H groups in total. The molecular formula is C19H19N3O4. The molecule has 2 aromatic carbocycles. The van der Waals surface area contributed by atoms with Crippen molar-refractivity contribution in [3.8, 4) is 11.5 Å². The summed E-state index contributed by atoms with van der Waals surface area (Å²) in [4.78, 5) is 23.7. The molecule has 7 nitrogen and oxygen atoms in total. The van der Waals surface area contributed by atoms with Crippen LogP contribution in [0.25, 0.3) is 0 Å². The number of anilines is 1. The van der Waals surface area contributed by atoms with Crippen LogP contribution in [0.15, 0.2) is 66.3 Å². The number of hydrazone groups is 1. The van der Waals surface area contributed by atoms with Crippen LogP contribution in [-0.4, -0.2) is 31.7 Å². The van der Waals surface area contributed by atoms with Gasteiger partial charge in [-0.05, 0) is 36.4 Å². The molecule has 2 rings (SSSR count). The number of carbonyl (C=O) groups excluding carboxylic acids is 2. The highest BCUT2D eigenvalue weighted by Crippen LogP contribution is 2.16. The van der Waals surface area contributed by atoms with Crippen molar-refractivity contribution in [3.63, 3.8) is 0 Å². The van der Waals surface area contributed by atoms with Crippen molar-refractivity contribution in [3.05, 3.63) is 66.7 Å². The van der Waals surface area contributed by atoms with E-state index >= 15 is 0 Å². The number of hydrogen-bond acceptors (Lipinski definition) is 5. The SMILES string of the molecule is C=CCOc1ccccc1/C=N/NC(=O)C(=O)Nc1ccc(OC)cc1. The first-order valence-electron chi connectivity index (χ1n) is 7.75. The summed E-state index contributed by atoms with van der Waals surface area (Å²) in [7, 11) is 1.54. The minimum absolute atomic E-state index is 0.349. The van der Waals surface area contributed by atoms with Crippen molar-refractivity contribution in [1.29, 1.82) is 0 Å². The Balaban J connectivity index is 1.91. The molecule has 0 aliphatic heterocycles. The van der Waals surface area contributed by atoms with E-state index in [-0.39, 0.29) is 0 Å². The van der Waals surface area contributed by atoms with Crippen molar-refractivity contribution in [2.24, 2.45) is 5.10 Å². The number of hydrogen-bond donors (Lipinski definition) is 2. The fraction of sp³-hybridized carbons (Fsp3) is 0.105. The van der Waals surface area contributed by atoms with Crippen molar-refractivity contribution in [2.75, 3.05) is 19.0 Å². The van der Waals surface area contributed by atoms with Gasteiger partial charge < -0.3 is 14.8 Å². The molecule has 26 heavy (non-hydrogen) atoms. The molecule has 0 aromatic heterocycles. The Morgan fingerprint density at radius 3 is 2.54 bits per heavy atom. The molecule has 0 aliphatic carbocycles. The van der Waals surface area contributed by atoms with Gasteiger partial charge in [-0.15, -0.1) is 0 Å². The summed E-state index contributed by atoms with van der Waals surface area (Å²) in [6.45, 7) is 3.94. The summed E-state index contributed by atoms with van der Waals surface area (Å²) < 4.78 is 10.5. The predicted octanol–water partition coefficient (Wildman–Crippen LogP) is 2.35. The Bertz CT molecular complexity index is 801. The Kier molecular flexibility index (Phi) is 6.93. The summed E-state index contributed by atoms with van der Waals surface area (Å²) in [5.74, 6) is -0.479. The third kappa shape index (κ3) is 5.48. The van der Waals surface area contributed by atoms with Crippen LogP contribution >= 0.6 is 0 Å². The molecule has 0 radical (unpaired) electrons. The fourth-order valence-electron chi connectivity index (χ4n) is 1.94. The van der Waals surface area contributed by atoms with Gasteiger partial charge >= 0.3 is 11.8 Å². The summed E-state index contributed by atoms with van der Waals surface area (Å²) in [6, 6.07) is 13.8. The molecule has 134 valence electrons. The first-order chi connectivity index (χ1) is 12.6. The van der Waals surface area contributed by atoms with Gasteiger partial charge in [-0.1, -0.05) is 24.8 Å². The maximum absolute atomic E-state index is 11.9. The first-order valence-corrected chi connectivity index (χ1v) is 7.75. The number of amides is 2. The summed E-state index contributed by atoms with van der Waals surface area (Å²) in [5.41, 5.74) is 3.30. The fourth-order valence-corrected chi connectivity index (χ4v) is 1.94. The van der Waals surface area contributed by atoms with Crippen LogP contribution in [0.2, 0.25) is 0 Å². The third-order valence-corrected chi connectivity index (χ3v) is 3.20. The predicted molar refractivity (Wildman–Crippen MR) is 99.5 cm³/mol. The van der Waals surface area contributed by atoms with Gasteiger partial charge in [0.1, 0.15) is 18.1 Å². The van der Waals surface area contributed by atoms with Gasteiger partial charge in [-0.3, -0.25) is 9.59 Å². The minimum atomic E-state index is -0.887. The number of para-hydroxylation sites is 1. The molecule has 0 spiro atoms. The molecule has 2 aromatic rings. The van der Waals surface area contributed by atoms with Crippen LogP contribution in [0.5, 0.6) is 11.5 Å². The van der Waals surface area contributed by atoms with Crippen molar-refractivity contribution in [1.82, 2.24) is 5.43 Å². The quantitative estimate of drug-likeness (QED) is 0.346. The van der Waals surface area contributed by atoms with E-state index in [0.717, 1.165) is 0 Å². The lowest BCUT2D eigenvalue weighted by Crippen LogP contribution is -2.32. The molecule has 7 heteroatoms. The third-order valence-electron chi connectivity index (χ3n) is 3.20. The summed E-state index contributed by atoms with van der Waals surface area (Å²) in [5, 5.41) is 6.25. The number of rotatable bonds is 7. The molecule has 0 fully saturated rings. The van der Waals surface area contributed by atoms with Crippen LogP contribution < -0.4 is 20.2 Å². The Morgan fingerprint density at radius 1 is 1.12 bits per heavy atom. The lowest BCUT2D eigenvalue weighted by molar-refractivity contribution is -0.136. The average molecular weight is 353 g/mol. The zero-order chi connectivity index (χ0) is 18.8. The van der Waals surface area contributed by atoms with E-state index in [1.807, 2.05) is 6.07 Å². The minimum Gasteiger partial charge on any atom is -0.497 e. The maximum Gasteiger partial charge on any atom is 0.329 e. The monoisotopic (exact) mass is 353 g/mol. The van der Waals surface area contributed by atoms with Crippen molar-refractivity contribution in [2.45, 2.75) is 0 Å². The molecular weight excluding hydrogens is 334 g/mol. The molecule has 0 atom stereocenters. The standard InChI is InChI=1S/C19H19N3O4/c1-3-12-26-17-7-5-4-6-14(17)13-20-22-19(24)18(23)21-15-8-10-16(25-2)11-9-15/h3-11,13H,1,12H2,2H3,(H,21,23)(H,22,24)/b20-13+. The van der Waals surface area contributed by atoms with Gasteiger partial charge in [0.2, 0.25) is 0 Å². The Morgan fingerprint density at radius 2 is 1.85 bits per heavy atom. The van der Waals surface area contributed by atoms with E-state index in [1.54, 1.807) is 55.7 Å². The van der Waals surface area contributed by atoms with Crippen LogP contribution in [-0.2, 0) is 9.59 Å². The van der Waals surface area contributed by atoms with Crippen LogP contribution in [0.4, 0.5) is 5.69 Å². The van der Waals surface area contributed by atoms with E-state index in [0.29, 0.717) is 29.4 Å². The van der Waals surface area contributed by atoms with Gasteiger partial charge in [-0.25, -0.2) is 5.43 Å². The van der Waals surface area contributed by atoms with E-state index in [4.69, 9.17) is 9.47 Å². The smallest absolute Gasteiger partial charge is 0.329 e. The first kappa shape index (κ1) is 18.7. The van der Waals surface area contributed by atoms with Gasteiger partial charge in [0.25, 0.3) is 0 Å². The highest BCUT2D eigenvalue weighted by molar-refractivity contribution is 6.39. The number of nitrogens with zero attached hydrogens (tertiary/aromatic N) is 1. The molecule has 0 unspecified atom stereocenters. The summed E-state index contributed by atoms with van der Waals surface area (Å²) in [6.07, 6.45) is 3.02. The second kappa shape index (κ2) is 9.63. The topological polar surface area (TPSA) is 89.0 Å². The van der Waals surface area contributed by atoms with Crippen LogP contribution in [0.1, 0.15) is 5.56 Å². The largest absolute Gasteiger partial charge is 0.497 e. The molecule has 0 aliphatic rings. The normalized spacial score (nSPS) is 10.2. The number of nitrogens with one attached hydrogen (secondary N) is 2. The average Bonchev–Trinajstić information content (AvgIpc) is 2.67. The number of methoxy groups -OCH3 is 1. The van der Waals surface area contributed by atoms with E-state index in [9.17, 15) is 9.59 Å². The number of carbonyl (C=O) groups is 2. The molecule has 0 saturated heterocycles. The van der Waals surface area contributed by atoms with Crippen LogP contribution in [0.3, 0.4) is 0 Å². The van der Waals surface area contributed by atoms with E-state index < -0.39 is 11.8 Å². The van der Waals surface area contributed by atoms with Crippen LogP contribution in [0, 0.1) is 0 Å². The maximum atomic E-state index is 11.9.